The molecule has 0 spiro atoms. The molecule has 0 saturated carbocycles. The van der Waals surface area contributed by atoms with Crippen molar-refractivity contribution in [3.8, 4) is 5.75 Å². The van der Waals surface area contributed by atoms with E-state index in [9.17, 15) is 4.79 Å². The van der Waals surface area contributed by atoms with Crippen molar-refractivity contribution < 1.29 is 18.7 Å². The van der Waals surface area contributed by atoms with Crippen LogP contribution in [-0.4, -0.2) is 30.7 Å². The van der Waals surface area contributed by atoms with E-state index in [1.807, 2.05) is 30.3 Å². The zero-order valence-electron chi connectivity index (χ0n) is 14.6. The molecule has 0 amide bonds. The van der Waals surface area contributed by atoms with E-state index in [0.717, 1.165) is 5.56 Å². The number of carbonyl (C=O) groups is 1. The Bertz CT molecular complexity index is 880. The zero-order chi connectivity index (χ0) is 17.8. The first-order valence-corrected chi connectivity index (χ1v) is 7.99. The molecule has 0 saturated heterocycles. The molecule has 0 aliphatic carbocycles. The van der Waals surface area contributed by atoms with Gasteiger partial charge in [-0.3, -0.25) is 0 Å². The van der Waals surface area contributed by atoms with Crippen LogP contribution in [0.5, 0.6) is 5.75 Å². The molecule has 2 N–H and O–H groups in total. The number of hydrogen-bond acceptors (Lipinski definition) is 6. The number of aryl methyl sites for hydroxylation is 1. The summed E-state index contributed by atoms with van der Waals surface area (Å²) in [6.45, 7) is 1.98. The van der Waals surface area contributed by atoms with E-state index in [1.54, 1.807) is 19.1 Å². The number of nitrogens with two attached hydrogens (primary N) is 1. The molecule has 3 rings (SSSR count). The molecule has 0 fully saturated rings. The molecule has 138 valence electrons. The number of aromatic nitrogens is 1. The van der Waals surface area contributed by atoms with Gasteiger partial charge < -0.3 is 19.6 Å². The predicted molar refractivity (Wildman–Crippen MR) is 101 cm³/mol. The van der Waals surface area contributed by atoms with Crippen LogP contribution in [0.25, 0.3) is 11.1 Å². The second kappa shape index (κ2) is 8.69. The molecule has 0 aliphatic rings. The number of halogens is 1. The largest absolute Gasteiger partial charge is 0.491 e. The van der Waals surface area contributed by atoms with Gasteiger partial charge in [0.1, 0.15) is 23.4 Å². The number of oxazole rings is 1. The summed E-state index contributed by atoms with van der Waals surface area (Å²) in [4.78, 5) is 16.4. The number of esters is 1. The maximum atomic E-state index is 12.2. The van der Waals surface area contributed by atoms with Gasteiger partial charge in [-0.25, -0.2) is 9.78 Å². The molecule has 1 aromatic heterocycles. The Kier molecular flexibility index (Phi) is 6.60. The van der Waals surface area contributed by atoms with Crippen LogP contribution in [0.4, 0.5) is 0 Å². The number of nitrogens with zero attached hydrogens (tertiary/aromatic N) is 1. The number of rotatable bonds is 6. The van der Waals surface area contributed by atoms with Crippen molar-refractivity contribution in [2.45, 2.75) is 19.4 Å². The van der Waals surface area contributed by atoms with Crippen molar-refractivity contribution in [3.63, 3.8) is 0 Å². The number of ether oxygens (including phenoxy) is 2. The Morgan fingerprint density at radius 1 is 1.23 bits per heavy atom. The Balaban J connectivity index is 0.00000243. The van der Waals surface area contributed by atoms with Crippen LogP contribution in [0.1, 0.15) is 21.8 Å². The van der Waals surface area contributed by atoms with E-state index >= 15 is 0 Å². The fourth-order valence-corrected chi connectivity index (χ4v) is 2.67. The molecule has 1 atom stereocenters. The minimum atomic E-state index is -0.534. The second-order valence-electron chi connectivity index (χ2n) is 5.77. The van der Waals surface area contributed by atoms with Crippen molar-refractivity contribution in [2.24, 2.45) is 5.73 Å². The molecule has 0 radical (unpaired) electrons. The predicted octanol–water partition coefficient (Wildman–Crippen LogP) is 3.29. The zero-order valence-corrected chi connectivity index (χ0v) is 15.4. The van der Waals surface area contributed by atoms with E-state index in [1.165, 1.54) is 7.11 Å². The highest BCUT2D eigenvalue weighted by Gasteiger charge is 2.22. The molecule has 0 unspecified atom stereocenters. The van der Waals surface area contributed by atoms with Crippen LogP contribution >= 0.6 is 12.4 Å². The first kappa shape index (κ1) is 19.8. The molecule has 3 aromatic rings. The molecule has 6 nitrogen and oxygen atoms in total. The second-order valence-corrected chi connectivity index (χ2v) is 5.77. The number of hydrogen-bond donors (Lipinski definition) is 1. The molecule has 26 heavy (non-hydrogen) atoms. The Hall–Kier alpha value is -2.57. The fourth-order valence-electron chi connectivity index (χ4n) is 2.67. The van der Waals surface area contributed by atoms with Crippen LogP contribution in [0.3, 0.4) is 0 Å². The van der Waals surface area contributed by atoms with Gasteiger partial charge in [-0.2, -0.15) is 0 Å². The van der Waals surface area contributed by atoms with Crippen molar-refractivity contribution in [1.29, 1.82) is 0 Å². The first-order chi connectivity index (χ1) is 12.1. The fraction of sp³-hybridized carbons (Fsp3) is 0.263. The van der Waals surface area contributed by atoms with E-state index in [4.69, 9.17) is 19.6 Å². The van der Waals surface area contributed by atoms with Crippen molar-refractivity contribution in [3.05, 3.63) is 59.5 Å². The minimum Gasteiger partial charge on any atom is -0.491 e. The summed E-state index contributed by atoms with van der Waals surface area (Å²) in [5, 5.41) is 0. The SMILES string of the molecule is COC(=O)c1c(OC[C@H](N)Cc2ccccc2)ccc2nc(C)oc12.Cl. The lowest BCUT2D eigenvalue weighted by atomic mass is 10.1. The van der Waals surface area contributed by atoms with E-state index in [-0.39, 0.29) is 30.6 Å². The summed E-state index contributed by atoms with van der Waals surface area (Å²) in [6, 6.07) is 13.2. The first-order valence-electron chi connectivity index (χ1n) is 7.99. The topological polar surface area (TPSA) is 87.6 Å². The summed E-state index contributed by atoms with van der Waals surface area (Å²) in [5.74, 6) is 0.311. The van der Waals surface area contributed by atoms with E-state index in [0.29, 0.717) is 29.2 Å². The summed E-state index contributed by atoms with van der Waals surface area (Å²) >= 11 is 0. The van der Waals surface area contributed by atoms with Crippen molar-refractivity contribution >= 4 is 29.5 Å². The number of benzene rings is 2. The Morgan fingerprint density at radius 2 is 1.96 bits per heavy atom. The highest BCUT2D eigenvalue weighted by molar-refractivity contribution is 6.03. The number of carbonyl (C=O) groups excluding carboxylic acids is 1. The number of methoxy groups -OCH3 is 1. The van der Waals surface area contributed by atoms with Crippen molar-refractivity contribution in [2.75, 3.05) is 13.7 Å². The van der Waals surface area contributed by atoms with Crippen molar-refractivity contribution in [1.82, 2.24) is 4.98 Å². The molecule has 0 aliphatic heterocycles. The van der Waals surface area contributed by atoms with Gasteiger partial charge in [0.15, 0.2) is 11.5 Å². The standard InChI is InChI=1S/C19H20N2O4.ClH/c1-12-21-15-8-9-16(17(18(15)25-12)19(22)23-2)24-11-14(20)10-13-6-4-3-5-7-13;/h3-9,14H,10-11,20H2,1-2H3;1H/t14-;/m1./s1. The lowest BCUT2D eigenvalue weighted by Crippen LogP contribution is -2.30. The third-order valence-corrected chi connectivity index (χ3v) is 3.81. The normalized spacial score (nSPS) is 11.7. The monoisotopic (exact) mass is 376 g/mol. The molecular formula is C19H21ClN2O4. The summed E-state index contributed by atoms with van der Waals surface area (Å²) in [5.41, 5.74) is 8.46. The molecule has 2 aromatic carbocycles. The van der Waals surface area contributed by atoms with E-state index < -0.39 is 5.97 Å². The maximum absolute atomic E-state index is 12.2. The van der Waals surface area contributed by atoms with Crippen LogP contribution in [0, 0.1) is 6.92 Å². The highest BCUT2D eigenvalue weighted by Crippen LogP contribution is 2.29. The summed E-state index contributed by atoms with van der Waals surface area (Å²) in [7, 11) is 1.31. The average Bonchev–Trinajstić information content (AvgIpc) is 2.99. The maximum Gasteiger partial charge on any atom is 0.345 e. The Labute approximate surface area is 157 Å². The summed E-state index contributed by atoms with van der Waals surface area (Å²) < 4.78 is 16.2. The van der Waals surface area contributed by atoms with Gasteiger partial charge in [-0.15, -0.1) is 12.4 Å². The van der Waals surface area contributed by atoms with E-state index in [2.05, 4.69) is 4.98 Å². The van der Waals surface area contributed by atoms with Gasteiger partial charge in [-0.1, -0.05) is 30.3 Å². The quantitative estimate of drug-likeness (QED) is 0.664. The van der Waals surface area contributed by atoms with Crippen LogP contribution in [0.15, 0.2) is 46.9 Å². The van der Waals surface area contributed by atoms with Gasteiger partial charge in [-0.05, 0) is 24.1 Å². The van der Waals surface area contributed by atoms with Gasteiger partial charge >= 0.3 is 5.97 Å². The smallest absolute Gasteiger partial charge is 0.345 e. The van der Waals surface area contributed by atoms with Gasteiger partial charge in [0.05, 0.1) is 7.11 Å². The van der Waals surface area contributed by atoms with Crippen LogP contribution < -0.4 is 10.5 Å². The molecule has 7 heteroatoms. The average molecular weight is 377 g/mol. The highest BCUT2D eigenvalue weighted by atomic mass is 35.5. The summed E-state index contributed by atoms with van der Waals surface area (Å²) in [6.07, 6.45) is 0.679. The van der Waals surface area contributed by atoms with Gasteiger partial charge in [0.2, 0.25) is 0 Å². The Morgan fingerprint density at radius 3 is 2.65 bits per heavy atom. The lowest BCUT2D eigenvalue weighted by molar-refractivity contribution is 0.0596. The molecule has 0 bridgehead atoms. The van der Waals surface area contributed by atoms with Gasteiger partial charge in [0.25, 0.3) is 0 Å². The third kappa shape index (κ3) is 4.33. The molecular weight excluding hydrogens is 356 g/mol. The minimum absolute atomic E-state index is 0. The van der Waals surface area contributed by atoms with Crippen LogP contribution in [-0.2, 0) is 11.2 Å². The lowest BCUT2D eigenvalue weighted by Gasteiger charge is -2.15. The number of fused-ring (bicyclic) bond motifs is 1. The molecule has 1 heterocycles. The van der Waals surface area contributed by atoms with Gasteiger partial charge in [0, 0.05) is 13.0 Å². The van der Waals surface area contributed by atoms with Crippen LogP contribution in [0.2, 0.25) is 0 Å². The third-order valence-electron chi connectivity index (χ3n) is 3.81.